The second-order valence-corrected chi connectivity index (χ2v) is 10.1. The topological polar surface area (TPSA) is 92.6 Å². The number of halogens is 2. The van der Waals surface area contributed by atoms with Gasteiger partial charge < -0.3 is 10.2 Å². The number of amides is 2. The third kappa shape index (κ3) is 8.49. The molecule has 0 spiro atoms. The summed E-state index contributed by atoms with van der Waals surface area (Å²) in [6, 6.07) is 20.2. The van der Waals surface area contributed by atoms with Gasteiger partial charge in [0, 0.05) is 37.4 Å². The summed E-state index contributed by atoms with van der Waals surface area (Å²) in [4.78, 5) is 38.7. The van der Waals surface area contributed by atoms with E-state index in [2.05, 4.69) is 5.32 Å². The number of nitrogens with one attached hydrogen (secondary N) is 1. The summed E-state index contributed by atoms with van der Waals surface area (Å²) in [6.45, 7) is 2.46. The zero-order chi connectivity index (χ0) is 26.8. The summed E-state index contributed by atoms with van der Waals surface area (Å²) in [5.74, 6) is 0.183. The zero-order valence-electron chi connectivity index (χ0n) is 20.2. The molecule has 0 saturated carbocycles. The molecule has 2 amide bonds. The molecule has 0 radical (unpaired) electrons. The van der Waals surface area contributed by atoms with E-state index in [9.17, 15) is 19.7 Å². The highest BCUT2D eigenvalue weighted by atomic mass is 35.5. The van der Waals surface area contributed by atoms with Crippen molar-refractivity contribution in [3.63, 3.8) is 0 Å². The fourth-order valence-electron chi connectivity index (χ4n) is 3.73. The average Bonchev–Trinajstić information content (AvgIpc) is 2.89. The first-order valence-electron chi connectivity index (χ1n) is 11.6. The van der Waals surface area contributed by atoms with Gasteiger partial charge in [0.15, 0.2) is 0 Å². The zero-order valence-corrected chi connectivity index (χ0v) is 22.6. The number of benzene rings is 3. The maximum Gasteiger partial charge on any atom is 0.269 e. The SMILES string of the molecule is CCNC(=O)[C@H](Cc1ccccc1)N(Cc1ccc(Cl)c(Cl)c1)C(=O)CSCc1ccc([N+](=O)[O-])cc1. The first-order valence-corrected chi connectivity index (χ1v) is 13.6. The molecule has 3 aromatic carbocycles. The Morgan fingerprint density at radius 3 is 2.27 bits per heavy atom. The summed E-state index contributed by atoms with van der Waals surface area (Å²) >= 11 is 13.7. The van der Waals surface area contributed by atoms with Crippen molar-refractivity contribution >= 4 is 52.5 Å². The van der Waals surface area contributed by atoms with Crippen molar-refractivity contribution in [1.29, 1.82) is 0 Å². The normalized spacial score (nSPS) is 11.5. The van der Waals surface area contributed by atoms with Crippen molar-refractivity contribution < 1.29 is 14.5 Å². The molecule has 10 heteroatoms. The maximum atomic E-state index is 13.6. The molecule has 194 valence electrons. The molecular formula is C27H27Cl2N3O4S. The van der Waals surface area contributed by atoms with Crippen molar-refractivity contribution in [2.75, 3.05) is 12.3 Å². The van der Waals surface area contributed by atoms with Crippen molar-refractivity contribution in [2.45, 2.75) is 31.7 Å². The van der Waals surface area contributed by atoms with Gasteiger partial charge in [0.1, 0.15) is 6.04 Å². The van der Waals surface area contributed by atoms with Gasteiger partial charge >= 0.3 is 0 Å². The second-order valence-electron chi connectivity index (χ2n) is 8.29. The summed E-state index contributed by atoms with van der Waals surface area (Å²) in [5.41, 5.74) is 2.57. The van der Waals surface area contributed by atoms with Crippen LogP contribution >= 0.6 is 35.0 Å². The molecule has 1 atom stereocenters. The molecular weight excluding hydrogens is 533 g/mol. The van der Waals surface area contributed by atoms with Crippen LogP contribution in [0.25, 0.3) is 0 Å². The number of nitro groups is 1. The summed E-state index contributed by atoms with van der Waals surface area (Å²) in [6.07, 6.45) is 0.354. The van der Waals surface area contributed by atoms with E-state index in [1.807, 2.05) is 37.3 Å². The number of nitrogens with zero attached hydrogens (tertiary/aromatic N) is 2. The van der Waals surface area contributed by atoms with Crippen LogP contribution in [0.3, 0.4) is 0 Å². The molecule has 1 N–H and O–H groups in total. The quantitative estimate of drug-likeness (QED) is 0.220. The first kappa shape index (κ1) is 28.5. The lowest BCUT2D eigenvalue weighted by Crippen LogP contribution is -2.51. The van der Waals surface area contributed by atoms with E-state index in [1.165, 1.54) is 23.9 Å². The number of hydrogen-bond donors (Lipinski definition) is 1. The lowest BCUT2D eigenvalue weighted by Gasteiger charge is -2.31. The summed E-state index contributed by atoms with van der Waals surface area (Å²) in [7, 11) is 0. The number of rotatable bonds is 12. The van der Waals surface area contributed by atoms with Gasteiger partial charge in [0.05, 0.1) is 20.7 Å². The Labute approximate surface area is 230 Å². The highest BCUT2D eigenvalue weighted by molar-refractivity contribution is 7.99. The molecule has 0 aliphatic rings. The number of carbonyl (C=O) groups excluding carboxylic acids is 2. The second kappa shape index (κ2) is 14.0. The lowest BCUT2D eigenvalue weighted by atomic mass is 10.0. The van der Waals surface area contributed by atoms with Crippen LogP contribution in [-0.4, -0.2) is 40.0 Å². The van der Waals surface area contributed by atoms with Gasteiger partial charge in [0.25, 0.3) is 5.69 Å². The van der Waals surface area contributed by atoms with E-state index < -0.39 is 11.0 Å². The van der Waals surface area contributed by atoms with Crippen molar-refractivity contribution in [3.05, 3.63) is 110 Å². The fourth-order valence-corrected chi connectivity index (χ4v) is 4.93. The minimum Gasteiger partial charge on any atom is -0.355 e. The van der Waals surface area contributed by atoms with Crippen LogP contribution < -0.4 is 5.32 Å². The lowest BCUT2D eigenvalue weighted by molar-refractivity contribution is -0.384. The van der Waals surface area contributed by atoms with Crippen molar-refractivity contribution in [2.24, 2.45) is 0 Å². The molecule has 0 fully saturated rings. The molecule has 7 nitrogen and oxygen atoms in total. The third-order valence-corrected chi connectivity index (χ3v) is 7.33. The van der Waals surface area contributed by atoms with Crippen LogP contribution in [0.1, 0.15) is 23.6 Å². The standard InChI is InChI=1S/C27H27Cl2N3O4S/c1-2-30-27(34)25(15-19-6-4-3-5-7-19)31(16-21-10-13-23(28)24(29)14-21)26(33)18-37-17-20-8-11-22(12-9-20)32(35)36/h3-14,25H,2,15-18H2,1H3,(H,30,34)/t25-/m0/s1. The van der Waals surface area contributed by atoms with Gasteiger partial charge in [0.2, 0.25) is 11.8 Å². The van der Waals surface area contributed by atoms with Gasteiger partial charge in [-0.2, -0.15) is 0 Å². The largest absolute Gasteiger partial charge is 0.355 e. The Morgan fingerprint density at radius 1 is 0.973 bits per heavy atom. The smallest absolute Gasteiger partial charge is 0.269 e. The Balaban J connectivity index is 1.82. The van der Waals surface area contributed by atoms with Crippen LogP contribution in [0.2, 0.25) is 10.0 Å². The summed E-state index contributed by atoms with van der Waals surface area (Å²) in [5, 5.41) is 14.5. The maximum absolute atomic E-state index is 13.6. The Hall–Kier alpha value is -3.07. The molecule has 0 bridgehead atoms. The summed E-state index contributed by atoms with van der Waals surface area (Å²) < 4.78 is 0. The highest BCUT2D eigenvalue weighted by Gasteiger charge is 2.30. The van der Waals surface area contributed by atoms with E-state index in [1.54, 1.807) is 35.2 Å². The van der Waals surface area contributed by atoms with Gasteiger partial charge in [-0.25, -0.2) is 0 Å². The van der Waals surface area contributed by atoms with E-state index in [-0.39, 0.29) is 29.8 Å². The molecule has 0 unspecified atom stereocenters. The van der Waals surface area contributed by atoms with E-state index >= 15 is 0 Å². The third-order valence-electron chi connectivity index (χ3n) is 5.60. The van der Waals surface area contributed by atoms with Crippen LogP contribution in [0.15, 0.2) is 72.8 Å². The molecule has 37 heavy (non-hydrogen) atoms. The minimum absolute atomic E-state index is 0.0170. The van der Waals surface area contributed by atoms with Crippen molar-refractivity contribution in [1.82, 2.24) is 10.2 Å². The molecule has 0 heterocycles. The Kier molecular flexibility index (Phi) is 10.8. The van der Waals surface area contributed by atoms with Crippen LogP contribution in [0, 0.1) is 10.1 Å². The van der Waals surface area contributed by atoms with E-state index in [0.29, 0.717) is 28.8 Å². The number of likely N-dealkylation sites (N-methyl/N-ethyl adjacent to an activating group) is 1. The van der Waals surface area contributed by atoms with Gasteiger partial charge in [-0.15, -0.1) is 11.8 Å². The number of hydrogen-bond acceptors (Lipinski definition) is 5. The van der Waals surface area contributed by atoms with Crippen LogP contribution in [0.5, 0.6) is 0 Å². The minimum atomic E-state index is -0.732. The van der Waals surface area contributed by atoms with Gasteiger partial charge in [-0.3, -0.25) is 19.7 Å². The van der Waals surface area contributed by atoms with E-state index in [4.69, 9.17) is 23.2 Å². The number of thioether (sulfide) groups is 1. The molecule has 0 aliphatic carbocycles. The highest BCUT2D eigenvalue weighted by Crippen LogP contribution is 2.25. The van der Waals surface area contributed by atoms with Crippen molar-refractivity contribution in [3.8, 4) is 0 Å². The predicted molar refractivity (Wildman–Crippen MR) is 149 cm³/mol. The molecule has 0 aliphatic heterocycles. The number of carbonyl (C=O) groups is 2. The van der Waals surface area contributed by atoms with Gasteiger partial charge in [-0.1, -0.05) is 71.7 Å². The molecule has 0 saturated heterocycles. The van der Waals surface area contributed by atoms with Crippen LogP contribution in [0.4, 0.5) is 5.69 Å². The monoisotopic (exact) mass is 559 g/mol. The number of nitro benzene ring substituents is 1. The van der Waals surface area contributed by atoms with E-state index in [0.717, 1.165) is 16.7 Å². The number of non-ortho nitro benzene ring substituents is 1. The molecule has 3 aromatic rings. The average molecular weight is 561 g/mol. The van der Waals surface area contributed by atoms with Crippen LogP contribution in [-0.2, 0) is 28.3 Å². The Bertz CT molecular complexity index is 1230. The fraction of sp³-hybridized carbons (Fsp3) is 0.259. The van der Waals surface area contributed by atoms with Gasteiger partial charge in [-0.05, 0) is 35.7 Å². The molecule has 3 rings (SSSR count). The predicted octanol–water partition coefficient (Wildman–Crippen LogP) is 5.91. The first-order chi connectivity index (χ1) is 17.8. The Morgan fingerprint density at radius 2 is 1.65 bits per heavy atom. The molecule has 0 aromatic heterocycles.